The molecule has 1 saturated carbocycles. The summed E-state index contributed by atoms with van der Waals surface area (Å²) in [6, 6.07) is 22.7. The Kier molecular flexibility index (Phi) is 7.23. The van der Waals surface area contributed by atoms with Gasteiger partial charge in [-0.2, -0.15) is 0 Å². The molecule has 0 aliphatic heterocycles. The molecule has 7 heteroatoms. The van der Waals surface area contributed by atoms with Gasteiger partial charge in [-0.3, -0.25) is 0 Å². The number of hydrogen-bond acceptors (Lipinski definition) is 6. The van der Waals surface area contributed by atoms with Crippen molar-refractivity contribution in [3.05, 3.63) is 102 Å². The van der Waals surface area contributed by atoms with Crippen LogP contribution in [0.5, 0.6) is 17.2 Å². The van der Waals surface area contributed by atoms with Crippen LogP contribution in [0.3, 0.4) is 0 Å². The second-order valence-corrected chi connectivity index (χ2v) is 9.81. The summed E-state index contributed by atoms with van der Waals surface area (Å²) in [5.41, 5.74) is 3.65. The van der Waals surface area contributed by atoms with Gasteiger partial charge >= 0.3 is 11.9 Å². The van der Waals surface area contributed by atoms with Crippen LogP contribution in [0, 0.1) is 0 Å². The highest BCUT2D eigenvalue weighted by Gasteiger charge is 2.26. The first-order valence-electron chi connectivity index (χ1n) is 12.8. The molecule has 0 radical (unpaired) electrons. The van der Waals surface area contributed by atoms with Crippen LogP contribution in [-0.4, -0.2) is 38.5 Å². The fourth-order valence-electron chi connectivity index (χ4n) is 5.21. The van der Waals surface area contributed by atoms with E-state index < -0.39 is 11.9 Å². The van der Waals surface area contributed by atoms with Crippen molar-refractivity contribution < 1.29 is 34.8 Å². The normalized spacial score (nSPS) is 16.9. The number of phenols is 3. The van der Waals surface area contributed by atoms with E-state index in [1.807, 2.05) is 12.1 Å². The lowest BCUT2D eigenvalue weighted by Crippen LogP contribution is -2.24. The van der Waals surface area contributed by atoms with Crippen LogP contribution in [-0.2, 0) is 4.74 Å². The van der Waals surface area contributed by atoms with Crippen LogP contribution in [0.2, 0.25) is 0 Å². The Labute approximate surface area is 225 Å². The summed E-state index contributed by atoms with van der Waals surface area (Å²) in [7, 11) is 0. The highest BCUT2D eigenvalue weighted by molar-refractivity contribution is 5.99. The van der Waals surface area contributed by atoms with Gasteiger partial charge in [0, 0.05) is 0 Å². The van der Waals surface area contributed by atoms with Gasteiger partial charge in [0.2, 0.25) is 0 Å². The molecule has 1 aliphatic carbocycles. The quantitative estimate of drug-likeness (QED) is 0.206. The van der Waals surface area contributed by atoms with Gasteiger partial charge < -0.3 is 25.2 Å². The minimum absolute atomic E-state index is 0.00109. The number of hydrogen-bond donors (Lipinski definition) is 4. The Morgan fingerprint density at radius 2 is 1.10 bits per heavy atom. The van der Waals surface area contributed by atoms with Crippen LogP contribution in [0.1, 0.15) is 57.9 Å². The number of phenolic OH excluding ortho intramolecular Hbond substituents is 3. The Balaban J connectivity index is 1.33. The zero-order valence-corrected chi connectivity index (χ0v) is 21.1. The van der Waals surface area contributed by atoms with E-state index in [1.165, 1.54) is 35.9 Å². The summed E-state index contributed by atoms with van der Waals surface area (Å²) in [6.45, 7) is 0. The zero-order chi connectivity index (χ0) is 27.5. The molecule has 0 unspecified atom stereocenters. The van der Waals surface area contributed by atoms with E-state index in [2.05, 4.69) is 0 Å². The van der Waals surface area contributed by atoms with Crippen molar-refractivity contribution >= 4 is 11.9 Å². The van der Waals surface area contributed by atoms with Gasteiger partial charge in [-0.1, -0.05) is 36.4 Å². The molecule has 0 aromatic heterocycles. The van der Waals surface area contributed by atoms with Crippen molar-refractivity contribution in [3.8, 4) is 39.5 Å². The fourth-order valence-corrected chi connectivity index (χ4v) is 5.21. The van der Waals surface area contributed by atoms with E-state index in [-0.39, 0.29) is 28.9 Å². The number of carboxylic acid groups (broad SMARTS) is 1. The Morgan fingerprint density at radius 3 is 1.64 bits per heavy atom. The van der Waals surface area contributed by atoms with Gasteiger partial charge in [-0.05, 0) is 108 Å². The van der Waals surface area contributed by atoms with Gasteiger partial charge in [0.1, 0.15) is 23.4 Å². The number of carbonyl (C=O) groups excluding carboxylic acids is 1. The molecule has 0 bridgehead atoms. The number of esters is 1. The second kappa shape index (κ2) is 10.9. The standard InChI is InChI=1S/C32H28O7/c33-23-9-5-19(6-10-23)20-7-13-26(14-8-20)39-32(38)28-16-12-25(35)18-30(28)22-3-1-21(2-4-22)29-17-24(34)11-15-27(29)31(36)37/h1-6,9-12,15-18,20,26,33-35H,7-8,13-14H2,(H,36,37). The number of carboxylic acids is 1. The van der Waals surface area contributed by atoms with Crippen molar-refractivity contribution in [1.29, 1.82) is 0 Å². The number of rotatable bonds is 6. The molecule has 0 spiro atoms. The topological polar surface area (TPSA) is 124 Å². The number of aromatic carboxylic acids is 1. The number of ether oxygens (including phenoxy) is 1. The lowest BCUT2D eigenvalue weighted by Gasteiger charge is -2.29. The summed E-state index contributed by atoms with van der Waals surface area (Å²) in [4.78, 5) is 24.9. The van der Waals surface area contributed by atoms with Gasteiger partial charge in [0.05, 0.1) is 11.1 Å². The summed E-state index contributed by atoms with van der Waals surface area (Å²) in [5, 5.41) is 39.1. The maximum Gasteiger partial charge on any atom is 0.339 e. The van der Waals surface area contributed by atoms with Crippen molar-refractivity contribution in [3.63, 3.8) is 0 Å². The molecule has 7 nitrogen and oxygen atoms in total. The first-order chi connectivity index (χ1) is 18.8. The molecule has 0 heterocycles. The van der Waals surface area contributed by atoms with Crippen LogP contribution < -0.4 is 0 Å². The number of carbonyl (C=O) groups is 2. The van der Waals surface area contributed by atoms with Crippen LogP contribution in [0.25, 0.3) is 22.3 Å². The molecular formula is C32H28O7. The summed E-state index contributed by atoms with van der Waals surface area (Å²) >= 11 is 0. The third-order valence-electron chi connectivity index (χ3n) is 7.28. The van der Waals surface area contributed by atoms with Gasteiger partial charge in [-0.15, -0.1) is 0 Å². The molecule has 0 atom stereocenters. The smallest absolute Gasteiger partial charge is 0.339 e. The van der Waals surface area contributed by atoms with E-state index in [0.717, 1.165) is 25.7 Å². The van der Waals surface area contributed by atoms with E-state index in [4.69, 9.17) is 4.74 Å². The molecule has 198 valence electrons. The first kappa shape index (κ1) is 25.9. The highest BCUT2D eigenvalue weighted by Crippen LogP contribution is 2.36. The van der Waals surface area contributed by atoms with E-state index in [1.54, 1.807) is 42.5 Å². The second-order valence-electron chi connectivity index (χ2n) is 9.81. The largest absolute Gasteiger partial charge is 0.508 e. The monoisotopic (exact) mass is 524 g/mol. The first-order valence-corrected chi connectivity index (χ1v) is 12.8. The SMILES string of the molecule is O=C(O)c1ccc(O)cc1-c1ccc(-c2cc(O)ccc2C(=O)OC2CCC(c3ccc(O)cc3)CC2)cc1. The van der Waals surface area contributed by atoms with Crippen LogP contribution in [0.15, 0.2) is 84.9 Å². The molecular weight excluding hydrogens is 496 g/mol. The van der Waals surface area contributed by atoms with Crippen LogP contribution in [0.4, 0.5) is 0 Å². The predicted octanol–water partition coefficient (Wildman–Crippen LogP) is 6.72. The molecule has 4 aromatic carbocycles. The van der Waals surface area contributed by atoms with Crippen molar-refractivity contribution in [2.75, 3.05) is 0 Å². The summed E-state index contributed by atoms with van der Waals surface area (Å²) in [5.74, 6) is -1.02. The van der Waals surface area contributed by atoms with Crippen molar-refractivity contribution in [2.24, 2.45) is 0 Å². The van der Waals surface area contributed by atoms with E-state index in [0.29, 0.717) is 33.7 Å². The van der Waals surface area contributed by atoms with E-state index in [9.17, 15) is 30.0 Å². The maximum atomic E-state index is 13.2. The maximum absolute atomic E-state index is 13.2. The predicted molar refractivity (Wildman–Crippen MR) is 146 cm³/mol. The van der Waals surface area contributed by atoms with Crippen molar-refractivity contribution in [1.82, 2.24) is 0 Å². The summed E-state index contributed by atoms with van der Waals surface area (Å²) in [6.07, 6.45) is 3.00. The number of aromatic hydroxyl groups is 3. The minimum Gasteiger partial charge on any atom is -0.508 e. The fraction of sp³-hybridized carbons (Fsp3) is 0.188. The molecule has 1 fully saturated rings. The van der Waals surface area contributed by atoms with Crippen LogP contribution >= 0.6 is 0 Å². The van der Waals surface area contributed by atoms with Gasteiger partial charge in [0.15, 0.2) is 0 Å². The minimum atomic E-state index is -1.11. The average Bonchev–Trinajstić information content (AvgIpc) is 2.94. The molecule has 5 rings (SSSR count). The average molecular weight is 525 g/mol. The Morgan fingerprint density at radius 1 is 0.615 bits per heavy atom. The van der Waals surface area contributed by atoms with Gasteiger partial charge in [0.25, 0.3) is 0 Å². The molecule has 1 aliphatic rings. The van der Waals surface area contributed by atoms with E-state index >= 15 is 0 Å². The lowest BCUT2D eigenvalue weighted by atomic mass is 9.82. The Bertz CT molecular complexity index is 1500. The Hall–Kier alpha value is -4.78. The third kappa shape index (κ3) is 5.72. The highest BCUT2D eigenvalue weighted by atomic mass is 16.5. The molecule has 0 saturated heterocycles. The van der Waals surface area contributed by atoms with Crippen molar-refractivity contribution in [2.45, 2.75) is 37.7 Å². The molecule has 39 heavy (non-hydrogen) atoms. The lowest BCUT2D eigenvalue weighted by molar-refractivity contribution is 0.0196. The summed E-state index contributed by atoms with van der Waals surface area (Å²) < 4.78 is 5.88. The molecule has 0 amide bonds. The molecule has 4 aromatic rings. The number of benzene rings is 4. The molecule has 4 N–H and O–H groups in total. The third-order valence-corrected chi connectivity index (χ3v) is 7.28. The zero-order valence-electron chi connectivity index (χ0n) is 21.1. The van der Waals surface area contributed by atoms with Gasteiger partial charge in [-0.25, -0.2) is 9.59 Å².